The molecule has 4 nitrogen and oxygen atoms in total. The van der Waals surface area contributed by atoms with E-state index in [0.29, 0.717) is 0 Å². The van der Waals surface area contributed by atoms with Crippen molar-refractivity contribution in [2.75, 3.05) is 0 Å². The molecule has 0 saturated heterocycles. The summed E-state index contributed by atoms with van der Waals surface area (Å²) in [5.74, 6) is -2.79. The minimum atomic E-state index is -1.03. The second-order valence-electron chi connectivity index (χ2n) is 3.13. The molecular formula is C9H7F2N3O. The summed E-state index contributed by atoms with van der Waals surface area (Å²) in [5.41, 5.74) is 5.03. The van der Waals surface area contributed by atoms with Crippen LogP contribution in [0.15, 0.2) is 6.07 Å². The summed E-state index contributed by atoms with van der Waals surface area (Å²) in [7, 11) is 0. The Morgan fingerprint density at radius 1 is 1.47 bits per heavy atom. The SMILES string of the molecule is Cc1nc2[nH]c(C(N)=O)cc2c(F)c1F. The standard InChI is InChI=1S/C9H7F2N3O/c1-3-6(10)7(11)4-2-5(8(12)15)14-9(4)13-3/h2H,1H3,(H2,12,15)(H,13,14). The lowest BCUT2D eigenvalue weighted by molar-refractivity contribution is 0.0996. The zero-order chi connectivity index (χ0) is 11.2. The highest BCUT2D eigenvalue weighted by molar-refractivity contribution is 5.96. The molecule has 0 fully saturated rings. The van der Waals surface area contributed by atoms with Crippen LogP contribution in [0.2, 0.25) is 0 Å². The van der Waals surface area contributed by atoms with E-state index in [2.05, 4.69) is 9.97 Å². The van der Waals surface area contributed by atoms with Gasteiger partial charge in [0.2, 0.25) is 0 Å². The van der Waals surface area contributed by atoms with Gasteiger partial charge >= 0.3 is 0 Å². The molecule has 0 aliphatic carbocycles. The number of nitrogens with zero attached hydrogens (tertiary/aromatic N) is 1. The molecule has 0 aromatic carbocycles. The van der Waals surface area contributed by atoms with Gasteiger partial charge in [0.05, 0.1) is 11.1 Å². The Kier molecular flexibility index (Phi) is 1.92. The molecule has 2 aromatic rings. The van der Waals surface area contributed by atoms with E-state index in [1.807, 2.05) is 0 Å². The Hall–Kier alpha value is -1.98. The normalized spacial score (nSPS) is 10.9. The zero-order valence-electron chi connectivity index (χ0n) is 7.77. The molecular weight excluding hydrogens is 204 g/mol. The Balaban J connectivity index is 2.82. The van der Waals surface area contributed by atoms with Gasteiger partial charge in [0, 0.05) is 0 Å². The van der Waals surface area contributed by atoms with Crippen molar-refractivity contribution < 1.29 is 13.6 Å². The van der Waals surface area contributed by atoms with Crippen molar-refractivity contribution in [2.45, 2.75) is 6.92 Å². The van der Waals surface area contributed by atoms with Crippen LogP contribution in [0, 0.1) is 18.6 Å². The first-order valence-corrected chi connectivity index (χ1v) is 4.15. The van der Waals surface area contributed by atoms with Crippen LogP contribution in [0.1, 0.15) is 16.2 Å². The van der Waals surface area contributed by atoms with Crippen LogP contribution < -0.4 is 5.73 Å². The Labute approximate surface area is 83.1 Å². The van der Waals surface area contributed by atoms with E-state index >= 15 is 0 Å². The average molecular weight is 211 g/mol. The summed E-state index contributed by atoms with van der Waals surface area (Å²) in [6.07, 6.45) is 0. The monoisotopic (exact) mass is 211 g/mol. The van der Waals surface area contributed by atoms with Crippen molar-refractivity contribution in [1.82, 2.24) is 9.97 Å². The number of carbonyl (C=O) groups excluding carboxylic acids is 1. The van der Waals surface area contributed by atoms with Crippen molar-refractivity contribution in [3.63, 3.8) is 0 Å². The van der Waals surface area contributed by atoms with Gasteiger partial charge < -0.3 is 10.7 Å². The van der Waals surface area contributed by atoms with Gasteiger partial charge in [0.15, 0.2) is 11.6 Å². The molecule has 1 amide bonds. The van der Waals surface area contributed by atoms with Gasteiger partial charge in [0.25, 0.3) is 5.91 Å². The van der Waals surface area contributed by atoms with Gasteiger partial charge in [-0.05, 0) is 13.0 Å². The van der Waals surface area contributed by atoms with Crippen LogP contribution in [-0.4, -0.2) is 15.9 Å². The summed E-state index contributed by atoms with van der Waals surface area (Å²) in [6.45, 7) is 1.34. The van der Waals surface area contributed by atoms with Crippen molar-refractivity contribution in [3.05, 3.63) is 29.1 Å². The van der Waals surface area contributed by atoms with E-state index in [1.165, 1.54) is 6.92 Å². The second kappa shape index (κ2) is 3.01. The molecule has 78 valence electrons. The Bertz CT molecular complexity index is 562. The number of halogens is 2. The lowest BCUT2D eigenvalue weighted by Crippen LogP contribution is -2.10. The highest BCUT2D eigenvalue weighted by Crippen LogP contribution is 2.21. The van der Waals surface area contributed by atoms with Gasteiger partial charge in [-0.15, -0.1) is 0 Å². The van der Waals surface area contributed by atoms with Crippen LogP contribution in [-0.2, 0) is 0 Å². The number of aromatic nitrogens is 2. The first kappa shape index (κ1) is 9.57. The van der Waals surface area contributed by atoms with Crippen molar-refractivity contribution in [2.24, 2.45) is 5.73 Å². The summed E-state index contributed by atoms with van der Waals surface area (Å²) >= 11 is 0. The number of nitrogens with one attached hydrogen (secondary N) is 1. The number of aromatic amines is 1. The number of H-pyrrole nitrogens is 1. The molecule has 0 aliphatic heterocycles. The largest absolute Gasteiger partial charge is 0.364 e. The van der Waals surface area contributed by atoms with Gasteiger partial charge in [-0.3, -0.25) is 4.79 Å². The number of nitrogens with two attached hydrogens (primary N) is 1. The fourth-order valence-electron chi connectivity index (χ4n) is 1.33. The maximum absolute atomic E-state index is 13.3. The van der Waals surface area contributed by atoms with Gasteiger partial charge in [-0.1, -0.05) is 0 Å². The van der Waals surface area contributed by atoms with Crippen molar-refractivity contribution >= 4 is 16.9 Å². The van der Waals surface area contributed by atoms with Crippen LogP contribution in [0.3, 0.4) is 0 Å². The van der Waals surface area contributed by atoms with Crippen molar-refractivity contribution in [3.8, 4) is 0 Å². The highest BCUT2D eigenvalue weighted by atomic mass is 19.2. The smallest absolute Gasteiger partial charge is 0.265 e. The summed E-state index contributed by atoms with van der Waals surface area (Å²) in [4.78, 5) is 17.1. The topological polar surface area (TPSA) is 71.8 Å². The van der Waals surface area contributed by atoms with Crippen LogP contribution >= 0.6 is 0 Å². The number of pyridine rings is 1. The van der Waals surface area contributed by atoms with Gasteiger partial charge in [0.1, 0.15) is 11.3 Å². The number of amides is 1. The number of primary amides is 1. The number of aryl methyl sites for hydroxylation is 1. The zero-order valence-corrected chi connectivity index (χ0v) is 7.77. The summed E-state index contributed by atoms with van der Waals surface area (Å²) < 4.78 is 26.5. The number of carbonyl (C=O) groups is 1. The van der Waals surface area contributed by atoms with E-state index in [4.69, 9.17) is 5.73 Å². The molecule has 3 N–H and O–H groups in total. The average Bonchev–Trinajstić information content (AvgIpc) is 2.58. The molecule has 2 aromatic heterocycles. The molecule has 6 heteroatoms. The first-order valence-electron chi connectivity index (χ1n) is 4.15. The molecule has 0 unspecified atom stereocenters. The minimum absolute atomic E-state index is 0.00130. The van der Waals surface area contributed by atoms with E-state index in [9.17, 15) is 13.6 Å². The van der Waals surface area contributed by atoms with E-state index in [1.54, 1.807) is 0 Å². The van der Waals surface area contributed by atoms with E-state index in [-0.39, 0.29) is 22.4 Å². The third-order valence-electron chi connectivity index (χ3n) is 2.09. The van der Waals surface area contributed by atoms with E-state index in [0.717, 1.165) is 6.07 Å². The van der Waals surface area contributed by atoms with Crippen LogP contribution in [0.5, 0.6) is 0 Å². The predicted octanol–water partition coefficient (Wildman–Crippen LogP) is 1.25. The number of hydrogen-bond acceptors (Lipinski definition) is 2. The maximum atomic E-state index is 13.3. The third kappa shape index (κ3) is 1.34. The number of hydrogen-bond donors (Lipinski definition) is 2. The van der Waals surface area contributed by atoms with E-state index < -0.39 is 17.5 Å². The lowest BCUT2D eigenvalue weighted by atomic mass is 10.2. The Morgan fingerprint density at radius 3 is 2.73 bits per heavy atom. The maximum Gasteiger partial charge on any atom is 0.265 e. The molecule has 2 rings (SSSR count). The number of fused-ring (bicyclic) bond motifs is 1. The molecule has 0 bridgehead atoms. The van der Waals surface area contributed by atoms with Crippen molar-refractivity contribution in [1.29, 1.82) is 0 Å². The molecule has 0 spiro atoms. The fraction of sp³-hybridized carbons (Fsp3) is 0.111. The molecule has 0 radical (unpaired) electrons. The summed E-state index contributed by atoms with van der Waals surface area (Å²) in [5, 5.41) is -0.0769. The molecule has 2 heterocycles. The quantitative estimate of drug-likeness (QED) is 0.745. The highest BCUT2D eigenvalue weighted by Gasteiger charge is 2.16. The first-order chi connectivity index (χ1) is 7.00. The molecule has 0 aliphatic rings. The molecule has 0 atom stereocenters. The minimum Gasteiger partial charge on any atom is -0.364 e. The number of rotatable bonds is 1. The second-order valence-corrected chi connectivity index (χ2v) is 3.13. The fourth-order valence-corrected chi connectivity index (χ4v) is 1.33. The predicted molar refractivity (Wildman–Crippen MR) is 49.3 cm³/mol. The summed E-state index contributed by atoms with van der Waals surface area (Å²) in [6, 6.07) is 1.14. The molecule has 0 saturated carbocycles. The van der Waals surface area contributed by atoms with Crippen LogP contribution in [0.4, 0.5) is 8.78 Å². The Morgan fingerprint density at radius 2 is 2.13 bits per heavy atom. The lowest BCUT2D eigenvalue weighted by Gasteiger charge is -1.97. The third-order valence-corrected chi connectivity index (χ3v) is 2.09. The molecule has 15 heavy (non-hydrogen) atoms. The van der Waals surface area contributed by atoms with Crippen LogP contribution in [0.25, 0.3) is 11.0 Å². The van der Waals surface area contributed by atoms with Gasteiger partial charge in [-0.2, -0.15) is 0 Å². The van der Waals surface area contributed by atoms with Gasteiger partial charge in [-0.25, -0.2) is 13.8 Å².